The van der Waals surface area contributed by atoms with Gasteiger partial charge in [-0.1, -0.05) is 12.1 Å². The van der Waals surface area contributed by atoms with E-state index in [4.69, 9.17) is 22.2 Å². The van der Waals surface area contributed by atoms with E-state index < -0.39 is 5.60 Å². The fourth-order valence-electron chi connectivity index (χ4n) is 2.59. The first-order valence-corrected chi connectivity index (χ1v) is 8.74. The summed E-state index contributed by atoms with van der Waals surface area (Å²) in [5.41, 5.74) is 0.778. The summed E-state index contributed by atoms with van der Waals surface area (Å²) in [7, 11) is 0. The van der Waals surface area contributed by atoms with Crippen LogP contribution in [0.4, 0.5) is 10.5 Å². The van der Waals surface area contributed by atoms with Crippen molar-refractivity contribution in [3.63, 3.8) is 0 Å². The van der Waals surface area contributed by atoms with Gasteiger partial charge in [0.15, 0.2) is 5.11 Å². The van der Waals surface area contributed by atoms with E-state index in [-0.39, 0.29) is 12.1 Å². The predicted molar refractivity (Wildman–Crippen MR) is 101 cm³/mol. The summed E-state index contributed by atoms with van der Waals surface area (Å²) in [5.74, 6) is 0. The maximum atomic E-state index is 11.8. The van der Waals surface area contributed by atoms with Gasteiger partial charge in [0.25, 0.3) is 0 Å². The van der Waals surface area contributed by atoms with E-state index in [1.807, 2.05) is 39.0 Å². The summed E-state index contributed by atoms with van der Waals surface area (Å²) in [6.45, 7) is 7.01. The molecule has 1 aromatic carbocycles. The number of ether oxygens (including phenoxy) is 1. The molecular formula is C18H24N4O2S. The van der Waals surface area contributed by atoms with Crippen LogP contribution < -0.4 is 10.6 Å². The van der Waals surface area contributed by atoms with Crippen molar-refractivity contribution in [3.05, 3.63) is 29.8 Å². The van der Waals surface area contributed by atoms with E-state index in [1.165, 1.54) is 0 Å². The number of rotatable bonds is 2. The number of anilines is 1. The topological polar surface area (TPSA) is 77.4 Å². The minimum absolute atomic E-state index is 0.0836. The monoisotopic (exact) mass is 360 g/mol. The summed E-state index contributed by atoms with van der Waals surface area (Å²) >= 11 is 5.45. The number of carbonyl (C=O) groups is 1. The fourth-order valence-corrected chi connectivity index (χ4v) is 2.88. The van der Waals surface area contributed by atoms with Crippen molar-refractivity contribution in [2.24, 2.45) is 0 Å². The first kappa shape index (κ1) is 19.0. The Labute approximate surface area is 154 Å². The highest BCUT2D eigenvalue weighted by atomic mass is 32.1. The maximum absolute atomic E-state index is 11.8. The van der Waals surface area contributed by atoms with E-state index in [0.29, 0.717) is 16.4 Å². The van der Waals surface area contributed by atoms with Crippen LogP contribution in [0.2, 0.25) is 0 Å². The largest absolute Gasteiger partial charge is 0.444 e. The lowest BCUT2D eigenvalue weighted by molar-refractivity contribution is 0.0488. The van der Waals surface area contributed by atoms with Crippen molar-refractivity contribution in [2.45, 2.75) is 45.3 Å². The number of likely N-dealkylation sites (tertiary alicyclic amines) is 1. The Morgan fingerprint density at radius 1 is 1.32 bits per heavy atom. The summed E-state index contributed by atoms with van der Waals surface area (Å²) in [6.07, 6.45) is 1.21. The number of para-hydroxylation sites is 1. The van der Waals surface area contributed by atoms with Gasteiger partial charge in [0, 0.05) is 19.1 Å². The van der Waals surface area contributed by atoms with Gasteiger partial charge >= 0.3 is 6.09 Å². The molecule has 1 fully saturated rings. The van der Waals surface area contributed by atoms with Gasteiger partial charge in [-0.15, -0.1) is 0 Å². The first-order chi connectivity index (χ1) is 11.8. The van der Waals surface area contributed by atoms with Crippen LogP contribution in [0.25, 0.3) is 0 Å². The summed E-state index contributed by atoms with van der Waals surface area (Å²) in [4.78, 5) is 13.9. The molecule has 0 spiro atoms. The number of hydrogen-bond donors (Lipinski definition) is 2. The number of amides is 1. The zero-order valence-corrected chi connectivity index (χ0v) is 15.7. The average Bonchev–Trinajstić information content (AvgIpc) is 2.54. The van der Waals surface area contributed by atoms with E-state index in [0.717, 1.165) is 25.9 Å². The van der Waals surface area contributed by atoms with Crippen LogP contribution in [-0.4, -0.2) is 40.8 Å². The van der Waals surface area contributed by atoms with Crippen LogP contribution >= 0.6 is 12.2 Å². The molecule has 0 atom stereocenters. The Hall–Kier alpha value is -2.33. The van der Waals surface area contributed by atoms with Crippen molar-refractivity contribution in [2.75, 3.05) is 18.4 Å². The number of thiocarbonyl (C=S) groups is 1. The second-order valence-electron chi connectivity index (χ2n) is 7.00. The molecule has 0 aliphatic carbocycles. The Kier molecular flexibility index (Phi) is 6.21. The molecular weight excluding hydrogens is 336 g/mol. The van der Waals surface area contributed by atoms with E-state index in [2.05, 4.69) is 21.6 Å². The maximum Gasteiger partial charge on any atom is 0.407 e. The quantitative estimate of drug-likeness (QED) is 0.789. The average molecular weight is 360 g/mol. The van der Waals surface area contributed by atoms with Gasteiger partial charge in [-0.25, -0.2) is 4.79 Å². The van der Waals surface area contributed by atoms with Crippen molar-refractivity contribution in [1.82, 2.24) is 10.2 Å². The van der Waals surface area contributed by atoms with Crippen molar-refractivity contribution >= 4 is 29.1 Å². The molecule has 1 saturated heterocycles. The Morgan fingerprint density at radius 2 is 1.96 bits per heavy atom. The zero-order valence-electron chi connectivity index (χ0n) is 14.8. The molecule has 1 aliphatic rings. The van der Waals surface area contributed by atoms with Gasteiger partial charge in [-0.2, -0.15) is 5.26 Å². The lowest BCUT2D eigenvalue weighted by Crippen LogP contribution is -2.48. The van der Waals surface area contributed by atoms with Gasteiger partial charge in [0.1, 0.15) is 11.7 Å². The molecule has 0 aromatic heterocycles. The molecule has 134 valence electrons. The van der Waals surface area contributed by atoms with Gasteiger partial charge in [0.05, 0.1) is 11.3 Å². The highest BCUT2D eigenvalue weighted by molar-refractivity contribution is 7.80. The van der Waals surface area contributed by atoms with E-state index in [9.17, 15) is 4.79 Å². The Morgan fingerprint density at radius 3 is 2.56 bits per heavy atom. The van der Waals surface area contributed by atoms with Crippen LogP contribution in [0.15, 0.2) is 24.3 Å². The van der Waals surface area contributed by atoms with Crippen LogP contribution in [0.3, 0.4) is 0 Å². The fraction of sp³-hybridized carbons (Fsp3) is 0.500. The highest BCUT2D eigenvalue weighted by Crippen LogP contribution is 2.17. The minimum atomic E-state index is -0.496. The highest BCUT2D eigenvalue weighted by Gasteiger charge is 2.24. The number of alkyl carbamates (subject to hydrolysis) is 1. The second-order valence-corrected chi connectivity index (χ2v) is 7.38. The number of benzene rings is 1. The van der Waals surface area contributed by atoms with E-state index in [1.54, 1.807) is 6.07 Å². The molecule has 1 amide bonds. The third kappa shape index (κ3) is 5.91. The summed E-state index contributed by atoms with van der Waals surface area (Å²) < 4.78 is 5.29. The number of hydrogen-bond acceptors (Lipinski definition) is 4. The molecule has 1 heterocycles. The molecule has 2 N–H and O–H groups in total. The number of nitriles is 1. The first-order valence-electron chi connectivity index (χ1n) is 8.33. The van der Waals surface area contributed by atoms with Gasteiger partial charge in [-0.05, 0) is 58.0 Å². The molecule has 0 unspecified atom stereocenters. The molecule has 0 bridgehead atoms. The van der Waals surface area contributed by atoms with Crippen molar-refractivity contribution < 1.29 is 9.53 Å². The lowest BCUT2D eigenvalue weighted by atomic mass is 10.1. The number of nitrogens with zero attached hydrogens (tertiary/aromatic N) is 2. The molecule has 1 aliphatic heterocycles. The molecule has 6 nitrogen and oxygen atoms in total. The lowest BCUT2D eigenvalue weighted by Gasteiger charge is -2.34. The van der Waals surface area contributed by atoms with Crippen LogP contribution in [0, 0.1) is 11.3 Å². The summed E-state index contributed by atoms with van der Waals surface area (Å²) in [5, 5.41) is 15.8. The van der Waals surface area contributed by atoms with E-state index >= 15 is 0 Å². The standard InChI is InChI=1S/C18H24N4O2S/c1-18(2,3)24-17(23)20-14-8-10-22(11-9-14)16(25)21-15-7-5-4-6-13(15)12-19/h4-7,14H,8-11H2,1-3H3,(H,20,23)(H,21,25). The van der Waals surface area contributed by atoms with Crippen LogP contribution in [0.1, 0.15) is 39.2 Å². The van der Waals surface area contributed by atoms with Gasteiger partial charge in [0.2, 0.25) is 0 Å². The Bertz CT molecular complexity index is 670. The number of carbonyl (C=O) groups excluding carboxylic acids is 1. The molecule has 0 radical (unpaired) electrons. The molecule has 1 aromatic rings. The van der Waals surface area contributed by atoms with Crippen LogP contribution in [-0.2, 0) is 4.74 Å². The number of nitrogens with one attached hydrogen (secondary N) is 2. The third-order valence-corrected chi connectivity index (χ3v) is 4.15. The normalized spacial score (nSPS) is 15.2. The summed E-state index contributed by atoms with van der Waals surface area (Å²) in [6, 6.07) is 9.50. The van der Waals surface area contributed by atoms with Crippen molar-refractivity contribution in [3.8, 4) is 6.07 Å². The van der Waals surface area contributed by atoms with Gasteiger partial charge < -0.3 is 20.3 Å². The van der Waals surface area contributed by atoms with Crippen LogP contribution in [0.5, 0.6) is 0 Å². The predicted octanol–water partition coefficient (Wildman–Crippen LogP) is 3.24. The van der Waals surface area contributed by atoms with Gasteiger partial charge in [-0.3, -0.25) is 0 Å². The second kappa shape index (κ2) is 8.17. The molecule has 0 saturated carbocycles. The SMILES string of the molecule is CC(C)(C)OC(=O)NC1CCN(C(=S)Nc2ccccc2C#N)CC1. The van der Waals surface area contributed by atoms with Crippen molar-refractivity contribution in [1.29, 1.82) is 5.26 Å². The number of piperidine rings is 1. The minimum Gasteiger partial charge on any atom is -0.444 e. The smallest absolute Gasteiger partial charge is 0.407 e. The molecule has 7 heteroatoms. The molecule has 2 rings (SSSR count). The third-order valence-electron chi connectivity index (χ3n) is 3.79. The zero-order chi connectivity index (χ0) is 18.4. The Balaban J connectivity index is 1.82. The molecule has 25 heavy (non-hydrogen) atoms.